The quantitative estimate of drug-likeness (QED) is 0.234. The Bertz CT molecular complexity index is 1100. The van der Waals surface area contributed by atoms with Crippen molar-refractivity contribution >= 4 is 17.3 Å². The minimum absolute atomic E-state index is 0.0900. The summed E-state index contributed by atoms with van der Waals surface area (Å²) in [5.41, 5.74) is -0.0180. The second kappa shape index (κ2) is 10.9. The number of carbonyl (C=O) groups excluding carboxylic acids is 1. The summed E-state index contributed by atoms with van der Waals surface area (Å²) in [6.45, 7) is 0.717. The number of carbonyl (C=O) groups is 1. The van der Waals surface area contributed by atoms with Crippen LogP contribution in [-0.4, -0.2) is 48.0 Å². The number of likely N-dealkylation sites (N-methyl/N-ethyl adjacent to an activating group) is 1. The van der Waals surface area contributed by atoms with E-state index in [1.807, 2.05) is 19.0 Å². The molecule has 0 aliphatic rings. The lowest BCUT2D eigenvalue weighted by atomic mass is 10.2. The number of hydrogen-bond acceptors (Lipinski definition) is 9. The first-order valence-corrected chi connectivity index (χ1v) is 10.0. The molecule has 0 saturated heterocycles. The first-order valence-electron chi connectivity index (χ1n) is 10.0. The van der Waals surface area contributed by atoms with Crippen molar-refractivity contribution in [2.24, 2.45) is 0 Å². The van der Waals surface area contributed by atoms with Crippen molar-refractivity contribution < 1.29 is 28.9 Å². The first-order chi connectivity index (χ1) is 16.2. The van der Waals surface area contributed by atoms with Crippen LogP contribution in [0.4, 0.5) is 11.4 Å². The molecule has 3 aromatic carbocycles. The van der Waals surface area contributed by atoms with Crippen LogP contribution in [0.15, 0.2) is 66.7 Å². The zero-order valence-electron chi connectivity index (χ0n) is 18.4. The Hall–Kier alpha value is -4.51. The third-order valence-electron chi connectivity index (χ3n) is 4.45. The lowest BCUT2D eigenvalue weighted by Gasteiger charge is -2.13. The largest absolute Gasteiger partial charge is 0.461 e. The average molecular weight is 467 g/mol. The van der Waals surface area contributed by atoms with Gasteiger partial charge in [-0.05, 0) is 50.5 Å². The van der Waals surface area contributed by atoms with Gasteiger partial charge >= 0.3 is 5.97 Å². The molecule has 11 nitrogen and oxygen atoms in total. The summed E-state index contributed by atoms with van der Waals surface area (Å²) in [6.07, 6.45) is 0. The van der Waals surface area contributed by atoms with Gasteiger partial charge in [0.15, 0.2) is 0 Å². The SMILES string of the molecule is CN(C)CCOC(=O)c1cc(Oc2ccc([N+](=O)[O-])cc2)cc(Oc2ccc([N+](=O)[O-])cc2)c1. The molecule has 11 heteroatoms. The molecular formula is C23H21N3O8. The fraction of sp³-hybridized carbons (Fsp3) is 0.174. The Morgan fingerprint density at radius 3 is 1.59 bits per heavy atom. The van der Waals surface area contributed by atoms with Crippen LogP contribution in [0.5, 0.6) is 23.0 Å². The second-order valence-corrected chi connectivity index (χ2v) is 7.34. The van der Waals surface area contributed by atoms with Crippen LogP contribution in [0.1, 0.15) is 10.4 Å². The fourth-order valence-corrected chi connectivity index (χ4v) is 2.76. The van der Waals surface area contributed by atoms with Crippen molar-refractivity contribution in [1.29, 1.82) is 0 Å². The number of non-ortho nitro benzene ring substituents is 2. The van der Waals surface area contributed by atoms with Gasteiger partial charge in [-0.25, -0.2) is 4.79 Å². The van der Waals surface area contributed by atoms with Crippen LogP contribution >= 0.6 is 0 Å². The lowest BCUT2D eigenvalue weighted by Crippen LogP contribution is -2.20. The molecule has 0 N–H and O–H groups in total. The van der Waals surface area contributed by atoms with Crippen LogP contribution in [0.3, 0.4) is 0 Å². The van der Waals surface area contributed by atoms with Crippen LogP contribution < -0.4 is 9.47 Å². The lowest BCUT2D eigenvalue weighted by molar-refractivity contribution is -0.385. The van der Waals surface area contributed by atoms with Crippen molar-refractivity contribution in [3.63, 3.8) is 0 Å². The molecule has 3 aromatic rings. The maximum Gasteiger partial charge on any atom is 0.338 e. The molecule has 0 atom stereocenters. The van der Waals surface area contributed by atoms with Gasteiger partial charge in [-0.1, -0.05) is 0 Å². The van der Waals surface area contributed by atoms with Gasteiger partial charge in [-0.3, -0.25) is 20.2 Å². The molecule has 0 spiro atoms. The minimum atomic E-state index is -0.593. The summed E-state index contributed by atoms with van der Waals surface area (Å²) in [4.78, 5) is 35.1. The first kappa shape index (κ1) is 24.1. The van der Waals surface area contributed by atoms with E-state index < -0.39 is 15.8 Å². The van der Waals surface area contributed by atoms with E-state index in [9.17, 15) is 25.0 Å². The molecule has 0 unspecified atom stereocenters. The van der Waals surface area contributed by atoms with Gasteiger partial charge in [-0.15, -0.1) is 0 Å². The summed E-state index contributed by atoms with van der Waals surface area (Å²) >= 11 is 0. The normalized spacial score (nSPS) is 10.6. The van der Waals surface area contributed by atoms with Crippen LogP contribution in [0.2, 0.25) is 0 Å². The molecule has 0 fully saturated rings. The molecule has 0 aliphatic carbocycles. The highest BCUT2D eigenvalue weighted by Crippen LogP contribution is 2.32. The van der Waals surface area contributed by atoms with E-state index in [1.165, 1.54) is 66.7 Å². The maximum absolute atomic E-state index is 12.6. The van der Waals surface area contributed by atoms with E-state index in [2.05, 4.69) is 0 Å². The highest BCUT2D eigenvalue weighted by atomic mass is 16.6. The highest BCUT2D eigenvalue weighted by molar-refractivity contribution is 5.90. The Labute approximate surface area is 194 Å². The van der Waals surface area contributed by atoms with Gasteiger partial charge in [0.2, 0.25) is 0 Å². The van der Waals surface area contributed by atoms with Gasteiger partial charge in [0.05, 0.1) is 15.4 Å². The average Bonchev–Trinajstić information content (AvgIpc) is 2.79. The number of nitrogens with zero attached hydrogens (tertiary/aromatic N) is 3. The number of esters is 1. The zero-order chi connectivity index (χ0) is 24.7. The molecule has 0 aromatic heterocycles. The molecule has 0 saturated carbocycles. The number of nitro groups is 2. The van der Waals surface area contributed by atoms with E-state index >= 15 is 0 Å². The third-order valence-corrected chi connectivity index (χ3v) is 4.45. The predicted octanol–water partition coefficient (Wildman–Crippen LogP) is 4.81. The van der Waals surface area contributed by atoms with Crippen molar-refractivity contribution in [3.8, 4) is 23.0 Å². The number of rotatable bonds is 10. The molecule has 0 aliphatic heterocycles. The summed E-state index contributed by atoms with van der Waals surface area (Å²) in [6, 6.07) is 15.3. The highest BCUT2D eigenvalue weighted by Gasteiger charge is 2.14. The summed E-state index contributed by atoms with van der Waals surface area (Å²) < 4.78 is 16.8. The number of hydrogen-bond donors (Lipinski definition) is 0. The predicted molar refractivity (Wildman–Crippen MR) is 122 cm³/mol. The Morgan fingerprint density at radius 1 is 0.765 bits per heavy atom. The third kappa shape index (κ3) is 6.74. The molecule has 3 rings (SSSR count). The van der Waals surface area contributed by atoms with E-state index in [-0.39, 0.29) is 35.0 Å². The van der Waals surface area contributed by atoms with Gasteiger partial charge in [0.1, 0.15) is 29.6 Å². The van der Waals surface area contributed by atoms with Gasteiger partial charge in [-0.2, -0.15) is 0 Å². The van der Waals surface area contributed by atoms with Crippen LogP contribution in [0, 0.1) is 20.2 Å². The van der Waals surface area contributed by atoms with E-state index in [4.69, 9.17) is 14.2 Å². The second-order valence-electron chi connectivity index (χ2n) is 7.34. The number of nitro benzene ring substituents is 2. The standard InChI is InChI=1S/C23H21N3O8/c1-24(2)11-12-32-23(27)16-13-21(33-19-7-3-17(4-8-19)25(28)29)15-22(14-16)34-20-9-5-18(6-10-20)26(30)31/h3-10,13-15H,11-12H2,1-2H3. The smallest absolute Gasteiger partial charge is 0.338 e. The topological polar surface area (TPSA) is 134 Å². The molecule has 0 amide bonds. The molecule has 0 bridgehead atoms. The Morgan fingerprint density at radius 2 is 1.21 bits per heavy atom. The number of ether oxygens (including phenoxy) is 3. The maximum atomic E-state index is 12.6. The summed E-state index contributed by atoms with van der Waals surface area (Å²) in [7, 11) is 3.70. The van der Waals surface area contributed by atoms with Crippen molar-refractivity contribution in [2.45, 2.75) is 0 Å². The molecule has 176 valence electrons. The Kier molecular flexibility index (Phi) is 7.72. The summed E-state index contributed by atoms with van der Waals surface area (Å²) in [5, 5.41) is 21.7. The van der Waals surface area contributed by atoms with Crippen molar-refractivity contribution in [2.75, 3.05) is 27.2 Å². The monoisotopic (exact) mass is 467 g/mol. The van der Waals surface area contributed by atoms with E-state index in [0.29, 0.717) is 18.0 Å². The van der Waals surface area contributed by atoms with Crippen LogP contribution in [-0.2, 0) is 4.74 Å². The zero-order valence-corrected chi connectivity index (χ0v) is 18.4. The van der Waals surface area contributed by atoms with E-state index in [1.54, 1.807) is 0 Å². The molecule has 34 heavy (non-hydrogen) atoms. The Balaban J connectivity index is 1.86. The van der Waals surface area contributed by atoms with Gasteiger partial charge in [0, 0.05) is 36.9 Å². The minimum Gasteiger partial charge on any atom is -0.461 e. The molecular weight excluding hydrogens is 446 g/mol. The van der Waals surface area contributed by atoms with Crippen molar-refractivity contribution in [3.05, 3.63) is 92.5 Å². The molecule has 0 radical (unpaired) electrons. The fourth-order valence-electron chi connectivity index (χ4n) is 2.76. The van der Waals surface area contributed by atoms with Crippen LogP contribution in [0.25, 0.3) is 0 Å². The van der Waals surface area contributed by atoms with E-state index in [0.717, 1.165) is 0 Å². The number of benzene rings is 3. The van der Waals surface area contributed by atoms with Crippen molar-refractivity contribution in [1.82, 2.24) is 4.90 Å². The van der Waals surface area contributed by atoms with Gasteiger partial charge < -0.3 is 19.1 Å². The molecule has 0 heterocycles. The summed E-state index contributed by atoms with van der Waals surface area (Å²) in [5.74, 6) is 0.486. The van der Waals surface area contributed by atoms with Gasteiger partial charge in [0.25, 0.3) is 11.4 Å².